The summed E-state index contributed by atoms with van der Waals surface area (Å²) in [5, 5.41) is 4.25. The van der Waals surface area contributed by atoms with E-state index in [0.29, 0.717) is 0 Å². The first-order valence-corrected chi connectivity index (χ1v) is 12.9. The fourth-order valence-corrected chi connectivity index (χ4v) is 12.2. The van der Waals surface area contributed by atoms with Gasteiger partial charge in [-0.25, -0.2) is 0 Å². The molecule has 4 aromatic carbocycles. The molecule has 0 radical (unpaired) electrons. The van der Waals surface area contributed by atoms with Crippen LogP contribution in [0.15, 0.2) is 121 Å². The molecule has 0 bridgehead atoms. The van der Waals surface area contributed by atoms with Gasteiger partial charge in [-0.05, 0) is 0 Å². The van der Waals surface area contributed by atoms with E-state index in [4.69, 9.17) is 0 Å². The summed E-state index contributed by atoms with van der Waals surface area (Å²) < 4.78 is 15.8. The molecule has 0 aromatic heterocycles. The van der Waals surface area contributed by atoms with E-state index >= 15 is 4.20 Å². The van der Waals surface area contributed by atoms with Gasteiger partial charge in [-0.2, -0.15) is 0 Å². The molecule has 0 aliphatic rings. The van der Waals surface area contributed by atoms with Gasteiger partial charge in [0.25, 0.3) is 0 Å². The molecule has 134 valence electrons. The minimum atomic E-state index is -3.48. The zero-order valence-electron chi connectivity index (χ0n) is 14.9. The Kier molecular flexibility index (Phi) is 4.92. The van der Waals surface area contributed by atoms with Crippen molar-refractivity contribution in [3.8, 4) is 0 Å². The van der Waals surface area contributed by atoms with Gasteiger partial charge in [-0.3, -0.25) is 0 Å². The van der Waals surface area contributed by atoms with Gasteiger partial charge in [0.2, 0.25) is 0 Å². The van der Waals surface area contributed by atoms with Crippen molar-refractivity contribution in [2.24, 2.45) is 0 Å². The number of hydrogen-bond donors (Lipinski definition) is 0. The molecule has 1 atom stereocenters. The second-order valence-corrected chi connectivity index (χ2v) is 14.2. The first-order chi connectivity index (χ1) is 13.3. The average molecular weight is 390 g/mol. The second-order valence-electron chi connectivity index (χ2n) is 6.54. The summed E-state index contributed by atoms with van der Waals surface area (Å²) in [5.41, 5.74) is 0. The van der Waals surface area contributed by atoms with E-state index in [1.807, 2.05) is 72.8 Å². The summed E-state index contributed by atoms with van der Waals surface area (Å²) in [6.07, 6.45) is -3.48. The Morgan fingerprint density at radius 3 is 0.815 bits per heavy atom. The van der Waals surface area contributed by atoms with Crippen LogP contribution in [0.2, 0.25) is 0 Å². The number of benzene rings is 4. The Balaban J connectivity index is 2.27. The van der Waals surface area contributed by atoms with Gasteiger partial charge in [0.15, 0.2) is 0 Å². The van der Waals surface area contributed by atoms with Crippen LogP contribution in [0.25, 0.3) is 0 Å². The molecule has 0 spiro atoms. The predicted molar refractivity (Wildman–Crippen MR) is 121 cm³/mol. The Morgan fingerprint density at radius 2 is 0.630 bits per heavy atom. The molecule has 1 unspecified atom stereocenters. The summed E-state index contributed by atoms with van der Waals surface area (Å²) in [6.45, 7) is 0. The number of halogens is 1. The SMILES string of the molecule is FPP(c1ccccc1)(c1ccccc1)(c1ccccc1)c1ccccc1. The van der Waals surface area contributed by atoms with Crippen LogP contribution < -0.4 is 21.2 Å². The first-order valence-electron chi connectivity index (χ1n) is 8.95. The number of rotatable bonds is 5. The monoisotopic (exact) mass is 390 g/mol. The van der Waals surface area contributed by atoms with Crippen molar-refractivity contribution < 1.29 is 4.20 Å². The molecule has 0 saturated carbocycles. The van der Waals surface area contributed by atoms with E-state index in [9.17, 15) is 0 Å². The van der Waals surface area contributed by atoms with Gasteiger partial charge < -0.3 is 0 Å². The van der Waals surface area contributed by atoms with Crippen LogP contribution in [0.3, 0.4) is 0 Å². The second kappa shape index (κ2) is 7.35. The normalized spacial score (nSPS) is 13.3. The fourth-order valence-electron chi connectivity index (χ4n) is 3.99. The third-order valence-corrected chi connectivity index (χ3v) is 15.0. The third kappa shape index (κ3) is 2.58. The van der Waals surface area contributed by atoms with E-state index in [2.05, 4.69) is 48.5 Å². The molecular weight excluding hydrogens is 369 g/mol. The number of hydrogen-bond acceptors (Lipinski definition) is 0. The molecule has 0 nitrogen and oxygen atoms in total. The standard InChI is InChI=1S/C24H21FP2/c25-26-27(21-13-5-1-6-14-21,22-15-7-2-8-16-22,23-17-9-3-10-18-23)24-19-11-4-12-20-24/h1-20,26H. The Labute approximate surface area is 161 Å². The van der Waals surface area contributed by atoms with Crippen LogP contribution in [-0.4, -0.2) is 0 Å². The Hall–Kier alpha value is -2.33. The van der Waals surface area contributed by atoms with E-state index in [1.165, 1.54) is 0 Å². The molecule has 0 heterocycles. The molecule has 0 N–H and O–H groups in total. The average Bonchev–Trinajstić information content (AvgIpc) is 2.78. The van der Waals surface area contributed by atoms with Gasteiger partial charge in [-0.1, -0.05) is 0 Å². The zero-order valence-corrected chi connectivity index (χ0v) is 16.8. The summed E-state index contributed by atoms with van der Waals surface area (Å²) in [4.78, 5) is 0. The van der Waals surface area contributed by atoms with E-state index in [0.717, 1.165) is 21.2 Å². The molecule has 4 aromatic rings. The third-order valence-electron chi connectivity index (χ3n) is 5.26. The Bertz CT molecular complexity index is 834. The topological polar surface area (TPSA) is 0 Å². The summed E-state index contributed by atoms with van der Waals surface area (Å²) in [5.74, 6) is 0. The molecule has 0 aliphatic heterocycles. The summed E-state index contributed by atoms with van der Waals surface area (Å²) in [6, 6.07) is 40.9. The van der Waals surface area contributed by atoms with Crippen LogP contribution in [0, 0.1) is 0 Å². The van der Waals surface area contributed by atoms with Crippen molar-refractivity contribution in [3.05, 3.63) is 121 Å². The Morgan fingerprint density at radius 1 is 0.407 bits per heavy atom. The zero-order chi connectivity index (χ0) is 18.6. The summed E-state index contributed by atoms with van der Waals surface area (Å²) in [7, 11) is -0.770. The van der Waals surface area contributed by atoms with E-state index in [1.54, 1.807) is 0 Å². The van der Waals surface area contributed by atoms with Crippen molar-refractivity contribution >= 4 is 36.1 Å². The van der Waals surface area contributed by atoms with E-state index in [-0.39, 0.29) is 0 Å². The van der Waals surface area contributed by atoms with E-state index < -0.39 is 14.9 Å². The van der Waals surface area contributed by atoms with Gasteiger partial charge in [0.05, 0.1) is 0 Å². The van der Waals surface area contributed by atoms with Crippen LogP contribution in [0.4, 0.5) is 4.20 Å². The van der Waals surface area contributed by atoms with Gasteiger partial charge >= 0.3 is 162 Å². The predicted octanol–water partition coefficient (Wildman–Crippen LogP) is 5.32. The van der Waals surface area contributed by atoms with Crippen molar-refractivity contribution in [3.63, 3.8) is 0 Å². The molecule has 0 amide bonds. The van der Waals surface area contributed by atoms with Crippen LogP contribution >= 0.6 is 14.9 Å². The fraction of sp³-hybridized carbons (Fsp3) is 0. The van der Waals surface area contributed by atoms with Crippen molar-refractivity contribution in [1.82, 2.24) is 0 Å². The minimum absolute atomic E-state index is 0.770. The maximum absolute atomic E-state index is 15.8. The first kappa shape index (κ1) is 18.1. The quantitative estimate of drug-likeness (QED) is 0.405. The van der Waals surface area contributed by atoms with Crippen molar-refractivity contribution in [2.45, 2.75) is 0 Å². The summed E-state index contributed by atoms with van der Waals surface area (Å²) >= 11 is 0. The molecule has 27 heavy (non-hydrogen) atoms. The molecule has 3 heteroatoms. The van der Waals surface area contributed by atoms with Gasteiger partial charge in [0.1, 0.15) is 0 Å². The molecule has 0 fully saturated rings. The molecule has 0 saturated heterocycles. The molecule has 0 aliphatic carbocycles. The molecular formula is C24H21FP2. The van der Waals surface area contributed by atoms with Gasteiger partial charge in [-0.15, -0.1) is 0 Å². The molecule has 4 rings (SSSR count). The maximum atomic E-state index is 15.8. The van der Waals surface area contributed by atoms with Crippen molar-refractivity contribution in [1.29, 1.82) is 0 Å². The van der Waals surface area contributed by atoms with Crippen LogP contribution in [0.5, 0.6) is 0 Å². The van der Waals surface area contributed by atoms with Crippen LogP contribution in [-0.2, 0) is 0 Å². The van der Waals surface area contributed by atoms with Crippen LogP contribution in [0.1, 0.15) is 0 Å². The van der Waals surface area contributed by atoms with Gasteiger partial charge in [0, 0.05) is 0 Å². The van der Waals surface area contributed by atoms with Crippen molar-refractivity contribution in [2.75, 3.05) is 0 Å².